The van der Waals surface area contributed by atoms with Gasteiger partial charge in [0.25, 0.3) is 0 Å². The summed E-state index contributed by atoms with van der Waals surface area (Å²) in [6.07, 6.45) is 1.73. The van der Waals surface area contributed by atoms with Crippen LogP contribution in [-0.2, 0) is 6.54 Å². The van der Waals surface area contributed by atoms with Crippen molar-refractivity contribution in [1.82, 2.24) is 4.57 Å². The third kappa shape index (κ3) is 1.66. The SMILES string of the molecule is Cc1ccc2c(ccn2C[C@H](C)O)c1. The summed E-state index contributed by atoms with van der Waals surface area (Å²) in [6, 6.07) is 8.45. The van der Waals surface area contributed by atoms with E-state index in [1.165, 1.54) is 16.5 Å². The van der Waals surface area contributed by atoms with Crippen LogP contribution in [0.2, 0.25) is 0 Å². The molecule has 1 atom stereocenters. The third-order valence-corrected chi connectivity index (χ3v) is 2.39. The lowest BCUT2D eigenvalue weighted by molar-refractivity contribution is 0.175. The predicted octanol–water partition coefficient (Wildman–Crippen LogP) is 2.33. The maximum Gasteiger partial charge on any atom is 0.0691 e. The number of aliphatic hydroxyl groups excluding tert-OH is 1. The maximum atomic E-state index is 9.32. The summed E-state index contributed by atoms with van der Waals surface area (Å²) in [7, 11) is 0. The zero-order valence-electron chi connectivity index (χ0n) is 8.57. The summed E-state index contributed by atoms with van der Waals surface area (Å²) in [6.45, 7) is 4.55. The molecule has 1 N–H and O–H groups in total. The Morgan fingerprint density at radius 1 is 1.36 bits per heavy atom. The summed E-state index contributed by atoms with van der Waals surface area (Å²) >= 11 is 0. The smallest absolute Gasteiger partial charge is 0.0691 e. The number of aliphatic hydroxyl groups is 1. The van der Waals surface area contributed by atoms with Gasteiger partial charge in [-0.15, -0.1) is 0 Å². The van der Waals surface area contributed by atoms with Gasteiger partial charge in [0.2, 0.25) is 0 Å². The molecule has 74 valence electrons. The first-order valence-electron chi connectivity index (χ1n) is 4.90. The Morgan fingerprint density at radius 3 is 2.86 bits per heavy atom. The van der Waals surface area contributed by atoms with Crippen LogP contribution in [0.5, 0.6) is 0 Å². The van der Waals surface area contributed by atoms with Crippen molar-refractivity contribution in [3.8, 4) is 0 Å². The number of hydrogen-bond donors (Lipinski definition) is 1. The average Bonchev–Trinajstić information content (AvgIpc) is 2.47. The van der Waals surface area contributed by atoms with Crippen LogP contribution in [0, 0.1) is 6.92 Å². The molecule has 2 heteroatoms. The molecule has 2 nitrogen and oxygen atoms in total. The maximum absolute atomic E-state index is 9.32. The van der Waals surface area contributed by atoms with Gasteiger partial charge in [-0.2, -0.15) is 0 Å². The number of benzene rings is 1. The number of aromatic nitrogens is 1. The van der Waals surface area contributed by atoms with Crippen molar-refractivity contribution in [1.29, 1.82) is 0 Å². The third-order valence-electron chi connectivity index (χ3n) is 2.39. The molecule has 0 bridgehead atoms. The molecule has 0 amide bonds. The Labute approximate surface area is 83.8 Å². The van der Waals surface area contributed by atoms with Gasteiger partial charge in [0, 0.05) is 18.3 Å². The van der Waals surface area contributed by atoms with E-state index in [1.54, 1.807) is 6.92 Å². The molecule has 0 spiro atoms. The van der Waals surface area contributed by atoms with Crippen molar-refractivity contribution in [2.45, 2.75) is 26.5 Å². The van der Waals surface area contributed by atoms with Crippen LogP contribution in [0.25, 0.3) is 10.9 Å². The Morgan fingerprint density at radius 2 is 2.14 bits per heavy atom. The van der Waals surface area contributed by atoms with Gasteiger partial charge < -0.3 is 9.67 Å². The molecule has 0 fully saturated rings. The van der Waals surface area contributed by atoms with E-state index in [-0.39, 0.29) is 6.10 Å². The van der Waals surface area contributed by atoms with E-state index >= 15 is 0 Å². The minimum Gasteiger partial charge on any atom is -0.392 e. The average molecular weight is 189 g/mol. The van der Waals surface area contributed by atoms with Crippen LogP contribution in [0.3, 0.4) is 0 Å². The zero-order chi connectivity index (χ0) is 10.1. The van der Waals surface area contributed by atoms with Crippen molar-refractivity contribution in [3.63, 3.8) is 0 Å². The van der Waals surface area contributed by atoms with Crippen LogP contribution < -0.4 is 0 Å². The summed E-state index contributed by atoms with van der Waals surface area (Å²) in [5, 5.41) is 10.6. The van der Waals surface area contributed by atoms with Gasteiger partial charge in [0.05, 0.1) is 6.10 Å². The Balaban J connectivity index is 2.47. The van der Waals surface area contributed by atoms with Crippen molar-refractivity contribution >= 4 is 10.9 Å². The van der Waals surface area contributed by atoms with Crippen LogP contribution in [0.15, 0.2) is 30.5 Å². The molecular formula is C12H15NO. The standard InChI is InChI=1S/C12H15NO/c1-9-3-4-12-11(7-9)5-6-13(12)8-10(2)14/h3-7,10,14H,8H2,1-2H3/t10-/m0/s1. The first-order valence-corrected chi connectivity index (χ1v) is 4.90. The summed E-state index contributed by atoms with van der Waals surface area (Å²) in [5.74, 6) is 0. The van der Waals surface area contributed by atoms with Gasteiger partial charge in [-0.1, -0.05) is 11.6 Å². The summed E-state index contributed by atoms with van der Waals surface area (Å²) < 4.78 is 2.08. The van der Waals surface area contributed by atoms with Crippen LogP contribution in [-0.4, -0.2) is 15.8 Å². The first-order chi connectivity index (χ1) is 6.66. The minimum atomic E-state index is -0.299. The molecule has 14 heavy (non-hydrogen) atoms. The van der Waals surface area contributed by atoms with Crippen LogP contribution in [0.1, 0.15) is 12.5 Å². The van der Waals surface area contributed by atoms with Gasteiger partial charge >= 0.3 is 0 Å². The lowest BCUT2D eigenvalue weighted by atomic mass is 10.2. The second-order valence-electron chi connectivity index (χ2n) is 3.88. The zero-order valence-corrected chi connectivity index (χ0v) is 8.57. The predicted molar refractivity (Wildman–Crippen MR) is 58.4 cm³/mol. The molecule has 2 aromatic rings. The quantitative estimate of drug-likeness (QED) is 0.770. The Kier molecular flexibility index (Phi) is 2.30. The van der Waals surface area contributed by atoms with E-state index in [2.05, 4.69) is 35.8 Å². The van der Waals surface area contributed by atoms with Crippen molar-refractivity contribution < 1.29 is 5.11 Å². The van der Waals surface area contributed by atoms with E-state index in [1.807, 2.05) is 6.20 Å². The minimum absolute atomic E-state index is 0.299. The van der Waals surface area contributed by atoms with E-state index in [9.17, 15) is 5.11 Å². The fraction of sp³-hybridized carbons (Fsp3) is 0.333. The molecule has 1 heterocycles. The molecule has 0 aliphatic carbocycles. The lowest BCUT2D eigenvalue weighted by Gasteiger charge is -2.07. The summed E-state index contributed by atoms with van der Waals surface area (Å²) in [4.78, 5) is 0. The van der Waals surface area contributed by atoms with Gasteiger partial charge in [-0.05, 0) is 37.4 Å². The fourth-order valence-electron chi connectivity index (χ4n) is 1.76. The van der Waals surface area contributed by atoms with Gasteiger partial charge in [0.15, 0.2) is 0 Å². The van der Waals surface area contributed by atoms with E-state index in [0.717, 1.165) is 0 Å². The number of nitrogens with zero attached hydrogens (tertiary/aromatic N) is 1. The largest absolute Gasteiger partial charge is 0.392 e. The van der Waals surface area contributed by atoms with Crippen molar-refractivity contribution in [2.24, 2.45) is 0 Å². The number of fused-ring (bicyclic) bond motifs is 1. The van der Waals surface area contributed by atoms with Gasteiger partial charge in [-0.3, -0.25) is 0 Å². The molecule has 0 radical (unpaired) electrons. The Bertz CT molecular complexity index is 443. The number of hydrogen-bond acceptors (Lipinski definition) is 1. The highest BCUT2D eigenvalue weighted by molar-refractivity contribution is 5.80. The molecular weight excluding hydrogens is 174 g/mol. The second kappa shape index (κ2) is 3.46. The molecule has 1 aromatic heterocycles. The van der Waals surface area contributed by atoms with E-state index in [4.69, 9.17) is 0 Å². The van der Waals surface area contributed by atoms with Crippen molar-refractivity contribution in [3.05, 3.63) is 36.0 Å². The molecule has 0 unspecified atom stereocenters. The summed E-state index contributed by atoms with van der Waals surface area (Å²) in [5.41, 5.74) is 2.46. The topological polar surface area (TPSA) is 25.2 Å². The van der Waals surface area contributed by atoms with Gasteiger partial charge in [0.1, 0.15) is 0 Å². The molecule has 1 aromatic carbocycles. The van der Waals surface area contributed by atoms with Crippen molar-refractivity contribution in [2.75, 3.05) is 0 Å². The number of rotatable bonds is 2. The fourth-order valence-corrected chi connectivity index (χ4v) is 1.76. The molecule has 2 rings (SSSR count). The van der Waals surface area contributed by atoms with Crippen LogP contribution in [0.4, 0.5) is 0 Å². The lowest BCUT2D eigenvalue weighted by Crippen LogP contribution is -2.10. The normalized spacial score (nSPS) is 13.4. The molecule has 0 saturated heterocycles. The van der Waals surface area contributed by atoms with Crippen LogP contribution >= 0.6 is 0 Å². The first kappa shape index (κ1) is 9.28. The van der Waals surface area contributed by atoms with E-state index < -0.39 is 0 Å². The molecule has 0 saturated carbocycles. The van der Waals surface area contributed by atoms with Gasteiger partial charge in [-0.25, -0.2) is 0 Å². The van der Waals surface area contributed by atoms with E-state index in [0.29, 0.717) is 6.54 Å². The second-order valence-corrected chi connectivity index (χ2v) is 3.88. The number of aryl methyl sites for hydroxylation is 1. The highest BCUT2D eigenvalue weighted by Gasteiger charge is 2.02. The Hall–Kier alpha value is -1.28. The highest BCUT2D eigenvalue weighted by atomic mass is 16.3. The highest BCUT2D eigenvalue weighted by Crippen LogP contribution is 2.17. The molecule has 0 aliphatic rings. The molecule has 0 aliphatic heterocycles. The monoisotopic (exact) mass is 189 g/mol.